The summed E-state index contributed by atoms with van der Waals surface area (Å²) < 4.78 is 6.48. The van der Waals surface area contributed by atoms with E-state index in [0.29, 0.717) is 38.4 Å². The Morgan fingerprint density at radius 1 is 1.30 bits per heavy atom. The van der Waals surface area contributed by atoms with Crippen LogP contribution in [-0.2, 0) is 16.1 Å². The third kappa shape index (κ3) is 5.32. The predicted molar refractivity (Wildman–Crippen MR) is 126 cm³/mol. The van der Waals surface area contributed by atoms with Crippen LogP contribution in [0.1, 0.15) is 69.4 Å². The average Bonchev–Trinajstić information content (AvgIpc) is 3.19. The summed E-state index contributed by atoms with van der Waals surface area (Å²) in [4.78, 5) is 33.3. The summed E-state index contributed by atoms with van der Waals surface area (Å²) in [6, 6.07) is 4.22. The molecule has 1 aromatic carbocycles. The highest BCUT2D eigenvalue weighted by molar-refractivity contribution is 6.06. The van der Waals surface area contributed by atoms with Crippen LogP contribution in [0.25, 0.3) is 0 Å². The molecule has 0 bridgehead atoms. The van der Waals surface area contributed by atoms with Gasteiger partial charge in [-0.15, -0.1) is 0 Å². The number of aryl methyl sites for hydroxylation is 1. The molecule has 1 unspecified atom stereocenters. The second-order valence-corrected chi connectivity index (χ2v) is 9.34. The third-order valence-electron chi connectivity index (χ3n) is 6.99. The van der Waals surface area contributed by atoms with Crippen molar-refractivity contribution in [1.29, 1.82) is 0 Å². The van der Waals surface area contributed by atoms with E-state index in [0.717, 1.165) is 54.7 Å². The van der Waals surface area contributed by atoms with E-state index >= 15 is 0 Å². The Hall–Kier alpha value is -2.61. The van der Waals surface area contributed by atoms with Crippen LogP contribution in [0.2, 0.25) is 0 Å². The molecule has 33 heavy (non-hydrogen) atoms. The number of aliphatic imine (C=N–C) groups is 1. The first-order chi connectivity index (χ1) is 16.0. The number of aliphatic hydroxyl groups is 1. The van der Waals surface area contributed by atoms with Gasteiger partial charge in [-0.1, -0.05) is 32.3 Å². The van der Waals surface area contributed by atoms with Crippen LogP contribution >= 0.6 is 0 Å². The lowest BCUT2D eigenvalue weighted by molar-refractivity contribution is -0.135. The largest absolute Gasteiger partial charge is 0.490 e. The molecule has 1 aliphatic carbocycles. The number of amides is 2. The van der Waals surface area contributed by atoms with E-state index in [4.69, 9.17) is 4.74 Å². The number of hydrogen-bond acceptors (Lipinski definition) is 6. The van der Waals surface area contributed by atoms with Gasteiger partial charge in [0.25, 0.3) is 0 Å². The first-order valence-corrected chi connectivity index (χ1v) is 12.3. The highest BCUT2D eigenvalue weighted by Crippen LogP contribution is 2.37. The minimum Gasteiger partial charge on any atom is -0.490 e. The van der Waals surface area contributed by atoms with Crippen LogP contribution in [-0.4, -0.2) is 64.5 Å². The molecule has 0 spiro atoms. The van der Waals surface area contributed by atoms with Crippen LogP contribution in [0.3, 0.4) is 0 Å². The molecular formula is C25H36N4O4. The molecule has 8 heteroatoms. The molecular weight excluding hydrogens is 420 g/mol. The highest BCUT2D eigenvalue weighted by Gasteiger charge is 2.32. The maximum Gasteiger partial charge on any atom is 0.246 e. The summed E-state index contributed by atoms with van der Waals surface area (Å²) >= 11 is 0. The molecule has 1 aromatic rings. The molecule has 3 aliphatic rings. The molecule has 4 rings (SSSR count). The lowest BCUT2D eigenvalue weighted by atomic mass is 9.93. The van der Waals surface area contributed by atoms with E-state index in [9.17, 15) is 14.7 Å². The Morgan fingerprint density at radius 3 is 2.82 bits per heavy atom. The van der Waals surface area contributed by atoms with Gasteiger partial charge in [0, 0.05) is 24.6 Å². The minimum atomic E-state index is -0.0924. The summed E-state index contributed by atoms with van der Waals surface area (Å²) in [5.74, 6) is 1.48. The number of benzene rings is 1. The van der Waals surface area contributed by atoms with Crippen molar-refractivity contribution in [2.24, 2.45) is 4.99 Å². The molecule has 1 saturated carbocycles. The van der Waals surface area contributed by atoms with E-state index in [1.54, 1.807) is 0 Å². The van der Waals surface area contributed by atoms with E-state index < -0.39 is 0 Å². The summed E-state index contributed by atoms with van der Waals surface area (Å²) in [5, 5.41) is 12.3. The number of carbonyl (C=O) groups excluding carboxylic acids is 2. The molecule has 1 saturated heterocycles. The molecule has 0 aromatic heterocycles. The van der Waals surface area contributed by atoms with Crippen molar-refractivity contribution in [2.45, 2.75) is 83.9 Å². The monoisotopic (exact) mass is 456 g/mol. The first kappa shape index (κ1) is 23.5. The maximum atomic E-state index is 13.1. The smallest absolute Gasteiger partial charge is 0.246 e. The van der Waals surface area contributed by atoms with Crippen LogP contribution < -0.4 is 10.1 Å². The second-order valence-electron chi connectivity index (χ2n) is 9.34. The van der Waals surface area contributed by atoms with Crippen molar-refractivity contribution in [2.75, 3.05) is 19.7 Å². The first-order valence-electron chi connectivity index (χ1n) is 12.3. The highest BCUT2D eigenvalue weighted by atomic mass is 16.5. The van der Waals surface area contributed by atoms with Crippen molar-refractivity contribution in [3.8, 4) is 5.75 Å². The summed E-state index contributed by atoms with van der Waals surface area (Å²) in [6.45, 7) is 5.39. The molecule has 1 atom stereocenters. The normalized spacial score (nSPS) is 18.8. The van der Waals surface area contributed by atoms with Crippen LogP contribution in [0.4, 0.5) is 5.69 Å². The van der Waals surface area contributed by atoms with Gasteiger partial charge in [-0.2, -0.15) is 0 Å². The van der Waals surface area contributed by atoms with Gasteiger partial charge in [0.15, 0.2) is 0 Å². The quantitative estimate of drug-likeness (QED) is 0.596. The molecule has 8 nitrogen and oxygen atoms in total. The Bertz CT molecular complexity index is 910. The molecule has 2 fully saturated rings. The van der Waals surface area contributed by atoms with Crippen LogP contribution in [0, 0.1) is 6.92 Å². The number of nitrogens with one attached hydrogen (secondary N) is 1. The Morgan fingerprint density at radius 2 is 2.09 bits per heavy atom. The molecule has 2 aliphatic heterocycles. The Kier molecular flexibility index (Phi) is 7.53. The van der Waals surface area contributed by atoms with E-state index in [1.807, 2.05) is 28.9 Å². The standard InChI is InChI=1S/C25H36N4O4/c1-3-19(10-12-23(32)29(13-14-30)18-7-5-4-6-8-18)33-24-17(2)9-11-21-20(24)15-28-16-22(31)27-25(28)26-21/h9,11,18-19,30H,3-8,10,12-16H2,1-2H3,(H,26,27,31). The fraction of sp³-hybridized carbons (Fsp3) is 0.640. The van der Waals surface area contributed by atoms with Gasteiger partial charge in [-0.05, 0) is 44.2 Å². The molecule has 2 N–H and O–H groups in total. The van der Waals surface area contributed by atoms with Gasteiger partial charge in [-0.3, -0.25) is 14.9 Å². The molecule has 2 amide bonds. The summed E-state index contributed by atoms with van der Waals surface area (Å²) in [7, 11) is 0. The number of nitrogens with zero attached hydrogens (tertiary/aromatic N) is 3. The lowest BCUT2D eigenvalue weighted by Gasteiger charge is -2.34. The fourth-order valence-electron chi connectivity index (χ4n) is 5.13. The topological polar surface area (TPSA) is 94.5 Å². The van der Waals surface area contributed by atoms with Crippen molar-refractivity contribution in [3.05, 3.63) is 23.3 Å². The number of guanidine groups is 1. The van der Waals surface area contributed by atoms with Gasteiger partial charge in [-0.25, -0.2) is 4.99 Å². The second kappa shape index (κ2) is 10.5. The molecule has 180 valence electrons. The average molecular weight is 457 g/mol. The predicted octanol–water partition coefficient (Wildman–Crippen LogP) is 3.02. The Labute approximate surface area is 196 Å². The lowest BCUT2D eigenvalue weighted by Crippen LogP contribution is -2.43. The van der Waals surface area contributed by atoms with E-state index in [1.165, 1.54) is 6.42 Å². The number of hydrogen-bond donors (Lipinski definition) is 2. The summed E-state index contributed by atoms with van der Waals surface area (Å²) in [5.41, 5.74) is 2.84. The number of aliphatic hydroxyl groups excluding tert-OH is 1. The zero-order chi connectivity index (χ0) is 23.4. The van der Waals surface area contributed by atoms with Gasteiger partial charge in [0.1, 0.15) is 12.3 Å². The SMILES string of the molecule is CCC(CCC(=O)N(CCO)C1CCCCC1)Oc1c(C)ccc2c1CN1CC(=O)NC1=N2. The van der Waals surface area contributed by atoms with Gasteiger partial charge >= 0.3 is 0 Å². The van der Waals surface area contributed by atoms with Crippen molar-refractivity contribution in [3.63, 3.8) is 0 Å². The zero-order valence-electron chi connectivity index (χ0n) is 19.8. The zero-order valence-corrected chi connectivity index (χ0v) is 19.8. The number of ether oxygens (including phenoxy) is 1. The number of rotatable bonds is 9. The van der Waals surface area contributed by atoms with Gasteiger partial charge in [0.05, 0.1) is 24.9 Å². The summed E-state index contributed by atoms with van der Waals surface area (Å²) in [6.07, 6.45) is 7.35. The Balaban J connectivity index is 1.43. The molecule has 0 radical (unpaired) electrons. The van der Waals surface area contributed by atoms with Crippen molar-refractivity contribution in [1.82, 2.24) is 15.1 Å². The van der Waals surface area contributed by atoms with Crippen molar-refractivity contribution < 1.29 is 19.4 Å². The van der Waals surface area contributed by atoms with Crippen LogP contribution in [0.5, 0.6) is 5.75 Å². The fourth-order valence-corrected chi connectivity index (χ4v) is 5.13. The number of fused-ring (bicyclic) bond motifs is 2. The van der Waals surface area contributed by atoms with Crippen LogP contribution in [0.15, 0.2) is 17.1 Å². The minimum absolute atomic E-state index is 0.00165. The van der Waals surface area contributed by atoms with E-state index in [-0.39, 0.29) is 30.6 Å². The maximum absolute atomic E-state index is 13.1. The van der Waals surface area contributed by atoms with Gasteiger partial charge in [0.2, 0.25) is 17.8 Å². The van der Waals surface area contributed by atoms with E-state index in [2.05, 4.69) is 17.2 Å². The number of carbonyl (C=O) groups is 2. The van der Waals surface area contributed by atoms with Gasteiger partial charge < -0.3 is 19.6 Å². The van der Waals surface area contributed by atoms with Crippen molar-refractivity contribution >= 4 is 23.5 Å². The third-order valence-corrected chi connectivity index (χ3v) is 6.99. The molecule has 2 heterocycles.